The van der Waals surface area contributed by atoms with Crippen LogP contribution in [0, 0.1) is 0 Å². The number of hydrogen-bond acceptors (Lipinski definition) is 6. The molecule has 2 aromatic carbocycles. The molecule has 1 amide bonds. The number of benzene rings is 2. The van der Waals surface area contributed by atoms with E-state index in [4.69, 9.17) is 14.6 Å². The summed E-state index contributed by atoms with van der Waals surface area (Å²) in [4.78, 5) is 26.8. The van der Waals surface area contributed by atoms with E-state index >= 15 is 0 Å². The Hall–Kier alpha value is -3.39. The molecule has 148 valence electrons. The van der Waals surface area contributed by atoms with E-state index in [9.17, 15) is 9.59 Å². The minimum Gasteiger partial charge on any atom is -0.485 e. The Kier molecular flexibility index (Phi) is 5.44. The second-order valence-corrected chi connectivity index (χ2v) is 7.49. The Bertz CT molecular complexity index is 1030. The number of ether oxygens (including phenoxy) is 2. The zero-order valence-electron chi connectivity index (χ0n) is 15.3. The lowest BCUT2D eigenvalue weighted by Crippen LogP contribution is -2.28. The number of amides is 1. The minimum atomic E-state index is -1.11. The molecule has 1 unspecified atom stereocenters. The maximum Gasteiger partial charge on any atom is 0.322 e. The van der Waals surface area contributed by atoms with E-state index < -0.39 is 18.4 Å². The number of nitrogens with zero attached hydrogens (tertiary/aromatic N) is 1. The number of fused-ring (bicyclic) bond motifs is 1. The summed E-state index contributed by atoms with van der Waals surface area (Å²) in [6, 6.07) is 15.8. The summed E-state index contributed by atoms with van der Waals surface area (Å²) in [5, 5.41) is 11.2. The zero-order valence-corrected chi connectivity index (χ0v) is 16.1. The Morgan fingerprint density at radius 1 is 1.24 bits per heavy atom. The summed E-state index contributed by atoms with van der Waals surface area (Å²) in [5.41, 5.74) is 2.22. The van der Waals surface area contributed by atoms with Gasteiger partial charge in [-0.1, -0.05) is 41.7 Å². The van der Waals surface area contributed by atoms with Gasteiger partial charge in [-0.2, -0.15) is 0 Å². The number of nitrogens with one attached hydrogen (secondary N) is 1. The highest BCUT2D eigenvalue weighted by Crippen LogP contribution is 2.37. The van der Waals surface area contributed by atoms with Gasteiger partial charge in [0.15, 0.2) is 0 Å². The molecule has 2 heterocycles. The number of hydrogen-bond donors (Lipinski definition) is 2. The van der Waals surface area contributed by atoms with Gasteiger partial charge in [0.2, 0.25) is 0 Å². The number of aryl methyl sites for hydroxylation is 1. The summed E-state index contributed by atoms with van der Waals surface area (Å²) in [7, 11) is 0. The zero-order chi connectivity index (χ0) is 20.2. The van der Waals surface area contributed by atoms with Crippen molar-refractivity contribution in [2.75, 3.05) is 6.54 Å². The van der Waals surface area contributed by atoms with Crippen LogP contribution in [-0.2, 0) is 11.2 Å². The number of thiazole rings is 1. The van der Waals surface area contributed by atoms with E-state index in [0.717, 1.165) is 41.1 Å². The molecule has 0 aliphatic carbocycles. The smallest absolute Gasteiger partial charge is 0.322 e. The maximum atomic E-state index is 11.9. The van der Waals surface area contributed by atoms with Crippen LogP contribution < -0.4 is 14.8 Å². The molecular weight excluding hydrogens is 392 g/mol. The largest absolute Gasteiger partial charge is 0.485 e. The van der Waals surface area contributed by atoms with Crippen LogP contribution >= 0.6 is 11.3 Å². The number of carboxylic acids is 1. The van der Waals surface area contributed by atoms with Crippen molar-refractivity contribution < 1.29 is 24.2 Å². The molecule has 2 N–H and O–H groups in total. The molecule has 0 radical (unpaired) electrons. The third kappa shape index (κ3) is 4.55. The van der Waals surface area contributed by atoms with E-state index in [0.29, 0.717) is 10.9 Å². The summed E-state index contributed by atoms with van der Waals surface area (Å²) in [6.07, 6.45) is 3.16. The van der Waals surface area contributed by atoms with Crippen LogP contribution in [0.4, 0.5) is 0 Å². The normalized spacial score (nSPS) is 15.1. The first kappa shape index (κ1) is 18.9. The van der Waals surface area contributed by atoms with Crippen molar-refractivity contribution in [1.29, 1.82) is 0 Å². The van der Waals surface area contributed by atoms with Crippen molar-refractivity contribution in [1.82, 2.24) is 10.3 Å². The number of aromatic nitrogens is 1. The molecule has 29 heavy (non-hydrogen) atoms. The van der Waals surface area contributed by atoms with Gasteiger partial charge in [0.1, 0.15) is 29.0 Å². The summed E-state index contributed by atoms with van der Waals surface area (Å²) in [5.74, 6) is -0.154. The number of carbonyl (C=O) groups is 2. The van der Waals surface area contributed by atoms with Crippen LogP contribution in [0.2, 0.25) is 0 Å². The summed E-state index contributed by atoms with van der Waals surface area (Å²) in [6.45, 7) is -0.443. The molecule has 4 rings (SSSR count). The predicted molar refractivity (Wildman–Crippen MR) is 107 cm³/mol. The number of carboxylic acid groups (broad SMARTS) is 1. The van der Waals surface area contributed by atoms with Crippen LogP contribution in [0.25, 0.3) is 0 Å². The summed E-state index contributed by atoms with van der Waals surface area (Å²) < 4.78 is 11.9. The monoisotopic (exact) mass is 410 g/mol. The standard InChI is InChI=1S/C21H18N2O5S/c24-19(25)12-22-20(26)18-11-23-21(29-18)27-15-7-9-17-14(10-15)6-8-16(28-17)13-4-2-1-3-5-13/h1-5,7,9-11,16H,6,8,12H2,(H,22,26)(H,24,25). The first-order valence-electron chi connectivity index (χ1n) is 9.06. The van der Waals surface area contributed by atoms with E-state index in [1.807, 2.05) is 30.3 Å². The fourth-order valence-corrected chi connectivity index (χ4v) is 3.79. The van der Waals surface area contributed by atoms with Gasteiger partial charge in [0.25, 0.3) is 11.1 Å². The van der Waals surface area contributed by atoms with E-state index in [1.165, 1.54) is 6.20 Å². The third-order valence-corrected chi connectivity index (χ3v) is 5.34. The third-order valence-electron chi connectivity index (χ3n) is 4.46. The Balaban J connectivity index is 1.42. The van der Waals surface area contributed by atoms with Crippen molar-refractivity contribution >= 4 is 23.2 Å². The lowest BCUT2D eigenvalue weighted by Gasteiger charge is -2.26. The molecule has 1 aliphatic rings. The Morgan fingerprint density at radius 2 is 2.07 bits per heavy atom. The molecular formula is C21H18N2O5S. The molecule has 1 aromatic heterocycles. The highest BCUT2D eigenvalue weighted by molar-refractivity contribution is 7.15. The highest BCUT2D eigenvalue weighted by Gasteiger charge is 2.22. The average molecular weight is 410 g/mol. The van der Waals surface area contributed by atoms with Gasteiger partial charge in [-0.25, -0.2) is 4.98 Å². The Morgan fingerprint density at radius 3 is 2.86 bits per heavy atom. The van der Waals surface area contributed by atoms with Gasteiger partial charge in [-0.3, -0.25) is 9.59 Å². The van der Waals surface area contributed by atoms with Crippen molar-refractivity contribution in [3.8, 4) is 16.7 Å². The summed E-state index contributed by atoms with van der Waals surface area (Å²) >= 11 is 1.05. The van der Waals surface area contributed by atoms with E-state index in [2.05, 4.69) is 22.4 Å². The maximum absolute atomic E-state index is 11.9. The fraction of sp³-hybridized carbons (Fsp3) is 0.190. The SMILES string of the molecule is O=C(O)CNC(=O)c1cnc(Oc2ccc3c(c2)CCC(c2ccccc2)O3)s1. The lowest BCUT2D eigenvalue weighted by atomic mass is 9.97. The molecule has 3 aromatic rings. The number of rotatable bonds is 6. The molecule has 0 saturated carbocycles. The van der Waals surface area contributed by atoms with Gasteiger partial charge < -0.3 is 19.9 Å². The highest BCUT2D eigenvalue weighted by atomic mass is 32.1. The Labute approximate surface area is 170 Å². The van der Waals surface area contributed by atoms with Crippen molar-refractivity contribution in [2.24, 2.45) is 0 Å². The quantitative estimate of drug-likeness (QED) is 0.641. The molecule has 7 nitrogen and oxygen atoms in total. The molecule has 0 bridgehead atoms. The van der Waals surface area contributed by atoms with Crippen LogP contribution in [0.15, 0.2) is 54.7 Å². The van der Waals surface area contributed by atoms with Crippen LogP contribution in [0.5, 0.6) is 16.7 Å². The molecule has 1 aliphatic heterocycles. The van der Waals surface area contributed by atoms with Gasteiger partial charge in [-0.15, -0.1) is 0 Å². The average Bonchev–Trinajstić information content (AvgIpc) is 3.21. The number of aliphatic carboxylic acids is 1. The van der Waals surface area contributed by atoms with Crippen LogP contribution in [0.1, 0.15) is 33.3 Å². The van der Waals surface area contributed by atoms with E-state index in [1.54, 1.807) is 6.07 Å². The molecule has 0 spiro atoms. The fourth-order valence-electron chi connectivity index (χ4n) is 3.08. The van der Waals surface area contributed by atoms with Gasteiger partial charge in [0.05, 0.1) is 6.20 Å². The predicted octanol–water partition coefficient (Wildman–Crippen LogP) is 3.82. The van der Waals surface area contributed by atoms with Gasteiger partial charge in [-0.05, 0) is 42.2 Å². The van der Waals surface area contributed by atoms with Gasteiger partial charge >= 0.3 is 5.97 Å². The molecule has 8 heteroatoms. The first-order chi connectivity index (χ1) is 14.1. The molecule has 0 fully saturated rings. The van der Waals surface area contributed by atoms with Crippen molar-refractivity contribution in [3.63, 3.8) is 0 Å². The van der Waals surface area contributed by atoms with Crippen LogP contribution in [-0.4, -0.2) is 28.5 Å². The van der Waals surface area contributed by atoms with Crippen molar-refractivity contribution in [3.05, 3.63) is 70.7 Å². The second kappa shape index (κ2) is 8.32. The number of carbonyl (C=O) groups excluding carboxylic acids is 1. The van der Waals surface area contributed by atoms with Crippen molar-refractivity contribution in [2.45, 2.75) is 18.9 Å². The topological polar surface area (TPSA) is 97.8 Å². The van der Waals surface area contributed by atoms with Gasteiger partial charge in [0, 0.05) is 0 Å². The van der Waals surface area contributed by atoms with Crippen LogP contribution in [0.3, 0.4) is 0 Å². The van der Waals surface area contributed by atoms with E-state index in [-0.39, 0.29) is 11.0 Å². The minimum absolute atomic E-state index is 0.0429. The second-order valence-electron chi connectivity index (χ2n) is 6.49. The molecule has 0 saturated heterocycles. The molecule has 1 atom stereocenters. The lowest BCUT2D eigenvalue weighted by molar-refractivity contribution is -0.135. The first-order valence-corrected chi connectivity index (χ1v) is 9.88.